The van der Waals surface area contributed by atoms with Crippen molar-refractivity contribution in [3.8, 4) is 0 Å². The molecule has 1 rings (SSSR count). The Morgan fingerprint density at radius 2 is 2.30 bits per heavy atom. The van der Waals surface area contributed by atoms with Gasteiger partial charge in [-0.25, -0.2) is 4.39 Å². The summed E-state index contributed by atoms with van der Waals surface area (Å²) in [7, 11) is 1.38. The fourth-order valence-electron chi connectivity index (χ4n) is 0.832. The number of aliphatic hydroxyl groups is 1. The summed E-state index contributed by atoms with van der Waals surface area (Å²) in [5, 5.41) is 8.91. The normalized spacial score (nSPS) is 18.8. The first-order chi connectivity index (χ1) is 4.74. The maximum absolute atomic E-state index is 12.6. The molecule has 0 aromatic rings. The van der Waals surface area contributed by atoms with Crippen molar-refractivity contribution in [2.45, 2.75) is 12.8 Å². The molecule has 10 heavy (non-hydrogen) atoms. The Labute approximate surface area is 58.6 Å². The van der Waals surface area contributed by atoms with Crippen molar-refractivity contribution in [1.29, 1.82) is 0 Å². The lowest BCUT2D eigenvalue weighted by Gasteiger charge is -2.09. The average molecular weight is 144 g/mol. The SMILES string of the molecule is COC1=C(F)CCC(O)=C1. The first kappa shape index (κ1) is 7.12. The lowest BCUT2D eigenvalue weighted by atomic mass is 10.1. The van der Waals surface area contributed by atoms with Gasteiger partial charge in [0.1, 0.15) is 5.83 Å². The molecule has 56 valence electrons. The van der Waals surface area contributed by atoms with Crippen LogP contribution in [0.15, 0.2) is 23.4 Å². The molecule has 0 amide bonds. The largest absolute Gasteiger partial charge is 0.512 e. The van der Waals surface area contributed by atoms with Crippen LogP contribution in [0.25, 0.3) is 0 Å². The molecule has 0 unspecified atom stereocenters. The number of ether oxygens (including phenoxy) is 1. The third kappa shape index (κ3) is 1.29. The molecule has 0 atom stereocenters. The van der Waals surface area contributed by atoms with Gasteiger partial charge < -0.3 is 9.84 Å². The van der Waals surface area contributed by atoms with Gasteiger partial charge in [0.25, 0.3) is 0 Å². The minimum atomic E-state index is -0.291. The second kappa shape index (κ2) is 2.73. The van der Waals surface area contributed by atoms with Crippen molar-refractivity contribution in [3.05, 3.63) is 23.4 Å². The van der Waals surface area contributed by atoms with Crippen LogP contribution in [0.1, 0.15) is 12.8 Å². The van der Waals surface area contributed by atoms with Gasteiger partial charge >= 0.3 is 0 Å². The summed E-state index contributed by atoms with van der Waals surface area (Å²) in [4.78, 5) is 0. The van der Waals surface area contributed by atoms with Crippen LogP contribution in [-0.4, -0.2) is 12.2 Å². The summed E-state index contributed by atoms with van der Waals surface area (Å²) in [5.41, 5.74) is 0. The summed E-state index contributed by atoms with van der Waals surface area (Å²) >= 11 is 0. The third-order valence-corrected chi connectivity index (χ3v) is 1.39. The van der Waals surface area contributed by atoms with E-state index in [1.165, 1.54) is 13.2 Å². The van der Waals surface area contributed by atoms with Crippen LogP contribution in [0.4, 0.5) is 4.39 Å². The molecule has 3 heteroatoms. The quantitative estimate of drug-likeness (QED) is 0.610. The maximum Gasteiger partial charge on any atom is 0.153 e. The molecule has 0 heterocycles. The fraction of sp³-hybridized carbons (Fsp3) is 0.429. The van der Waals surface area contributed by atoms with E-state index in [4.69, 9.17) is 5.11 Å². The molecule has 0 aromatic carbocycles. The van der Waals surface area contributed by atoms with Gasteiger partial charge in [-0.2, -0.15) is 0 Å². The van der Waals surface area contributed by atoms with E-state index in [0.29, 0.717) is 6.42 Å². The van der Waals surface area contributed by atoms with Crippen molar-refractivity contribution >= 4 is 0 Å². The Bertz CT molecular complexity index is 194. The van der Waals surface area contributed by atoms with Gasteiger partial charge in [0.2, 0.25) is 0 Å². The van der Waals surface area contributed by atoms with Gasteiger partial charge in [-0.05, 0) is 0 Å². The number of allylic oxidation sites excluding steroid dienone is 3. The Hall–Kier alpha value is -0.990. The lowest BCUT2D eigenvalue weighted by molar-refractivity contribution is 0.271. The minimum absolute atomic E-state index is 0.142. The summed E-state index contributed by atoms with van der Waals surface area (Å²) < 4.78 is 17.3. The molecule has 2 nitrogen and oxygen atoms in total. The zero-order valence-corrected chi connectivity index (χ0v) is 5.72. The average Bonchev–Trinajstić information content (AvgIpc) is 1.94. The Kier molecular flexibility index (Phi) is 1.94. The van der Waals surface area contributed by atoms with Crippen molar-refractivity contribution in [1.82, 2.24) is 0 Å². The van der Waals surface area contributed by atoms with Crippen LogP contribution in [-0.2, 0) is 4.74 Å². The van der Waals surface area contributed by atoms with E-state index in [1.54, 1.807) is 0 Å². The molecule has 0 saturated heterocycles. The predicted molar refractivity (Wildman–Crippen MR) is 35.1 cm³/mol. The summed E-state index contributed by atoms with van der Waals surface area (Å²) in [6.45, 7) is 0. The van der Waals surface area contributed by atoms with Crippen molar-refractivity contribution in [3.63, 3.8) is 0 Å². The molecule has 0 fully saturated rings. The summed E-state index contributed by atoms with van der Waals surface area (Å²) in [6.07, 6.45) is 1.92. The summed E-state index contributed by atoms with van der Waals surface area (Å²) in [6, 6.07) is 0. The molecule has 0 saturated carbocycles. The zero-order valence-electron chi connectivity index (χ0n) is 5.72. The van der Waals surface area contributed by atoms with Crippen LogP contribution in [0.2, 0.25) is 0 Å². The highest BCUT2D eigenvalue weighted by Crippen LogP contribution is 2.23. The Morgan fingerprint density at radius 3 is 2.80 bits per heavy atom. The highest BCUT2D eigenvalue weighted by molar-refractivity contribution is 5.22. The first-order valence-electron chi connectivity index (χ1n) is 3.06. The fourth-order valence-corrected chi connectivity index (χ4v) is 0.832. The first-order valence-corrected chi connectivity index (χ1v) is 3.06. The van der Waals surface area contributed by atoms with Crippen LogP contribution in [0, 0.1) is 0 Å². The number of aliphatic hydroxyl groups excluding tert-OH is 1. The van der Waals surface area contributed by atoms with Gasteiger partial charge in [-0.15, -0.1) is 0 Å². The molecule has 0 spiro atoms. The van der Waals surface area contributed by atoms with E-state index < -0.39 is 0 Å². The number of halogens is 1. The van der Waals surface area contributed by atoms with E-state index in [0.717, 1.165) is 0 Å². The topological polar surface area (TPSA) is 29.5 Å². The Balaban J connectivity index is 2.82. The van der Waals surface area contributed by atoms with Crippen molar-refractivity contribution in [2.75, 3.05) is 7.11 Å². The van der Waals surface area contributed by atoms with E-state index in [1.807, 2.05) is 0 Å². The smallest absolute Gasteiger partial charge is 0.153 e. The van der Waals surface area contributed by atoms with Crippen molar-refractivity contribution < 1.29 is 14.2 Å². The standard InChI is InChI=1S/C7H9FO2/c1-10-7-4-5(9)2-3-6(7)8/h4,9H,2-3H2,1H3. The van der Waals surface area contributed by atoms with Gasteiger partial charge in [-0.3, -0.25) is 0 Å². The van der Waals surface area contributed by atoms with Crippen LogP contribution >= 0.6 is 0 Å². The van der Waals surface area contributed by atoms with Crippen LogP contribution < -0.4 is 0 Å². The number of rotatable bonds is 1. The van der Waals surface area contributed by atoms with Gasteiger partial charge in [0, 0.05) is 18.9 Å². The van der Waals surface area contributed by atoms with E-state index >= 15 is 0 Å². The molecular weight excluding hydrogens is 135 g/mol. The predicted octanol–water partition coefficient (Wildman–Crippen LogP) is 2.05. The molecule has 1 aliphatic rings. The van der Waals surface area contributed by atoms with Gasteiger partial charge in [-0.1, -0.05) is 0 Å². The zero-order chi connectivity index (χ0) is 7.56. The van der Waals surface area contributed by atoms with Gasteiger partial charge in [0.05, 0.1) is 12.9 Å². The van der Waals surface area contributed by atoms with E-state index in [2.05, 4.69) is 4.74 Å². The molecule has 0 aromatic heterocycles. The summed E-state index contributed by atoms with van der Waals surface area (Å²) in [5.74, 6) is 0.0299. The van der Waals surface area contributed by atoms with Crippen molar-refractivity contribution in [2.24, 2.45) is 0 Å². The molecule has 1 aliphatic carbocycles. The van der Waals surface area contributed by atoms with Crippen LogP contribution in [0.3, 0.4) is 0 Å². The minimum Gasteiger partial charge on any atom is -0.512 e. The highest BCUT2D eigenvalue weighted by atomic mass is 19.1. The number of hydrogen-bond donors (Lipinski definition) is 1. The van der Waals surface area contributed by atoms with E-state index in [-0.39, 0.29) is 23.8 Å². The third-order valence-electron chi connectivity index (χ3n) is 1.39. The molecule has 1 N–H and O–H groups in total. The molecule has 0 bridgehead atoms. The van der Waals surface area contributed by atoms with Gasteiger partial charge in [0.15, 0.2) is 5.76 Å². The maximum atomic E-state index is 12.6. The second-order valence-corrected chi connectivity index (χ2v) is 2.11. The molecule has 0 aliphatic heterocycles. The molecular formula is C7H9FO2. The lowest BCUT2D eigenvalue weighted by Crippen LogP contribution is -1.97. The highest BCUT2D eigenvalue weighted by Gasteiger charge is 2.12. The molecule has 0 radical (unpaired) electrons. The van der Waals surface area contributed by atoms with Crippen LogP contribution in [0.5, 0.6) is 0 Å². The Morgan fingerprint density at radius 1 is 1.60 bits per heavy atom. The monoisotopic (exact) mass is 144 g/mol. The number of hydrogen-bond acceptors (Lipinski definition) is 2. The van der Waals surface area contributed by atoms with E-state index in [9.17, 15) is 4.39 Å². The second-order valence-electron chi connectivity index (χ2n) is 2.11. The number of methoxy groups -OCH3 is 1.